The number of aryl methyl sites for hydroxylation is 1. The molecule has 156 valence electrons. The molecule has 0 spiro atoms. The summed E-state index contributed by atoms with van der Waals surface area (Å²) in [4.78, 5) is 18.2. The van der Waals surface area contributed by atoms with Gasteiger partial charge < -0.3 is 14.3 Å². The lowest BCUT2D eigenvalue weighted by Crippen LogP contribution is -2.15. The summed E-state index contributed by atoms with van der Waals surface area (Å²) < 4.78 is 7.28. The largest absolute Gasteiger partial charge is 0.459 e. The summed E-state index contributed by atoms with van der Waals surface area (Å²) in [5.41, 5.74) is 3.70. The third kappa shape index (κ3) is 4.71. The van der Waals surface area contributed by atoms with E-state index in [1.54, 1.807) is 30.3 Å². The van der Waals surface area contributed by atoms with Crippen LogP contribution in [0.25, 0.3) is 11.3 Å². The van der Waals surface area contributed by atoms with Crippen LogP contribution in [0.5, 0.6) is 0 Å². The van der Waals surface area contributed by atoms with Gasteiger partial charge in [0.2, 0.25) is 0 Å². The highest BCUT2D eigenvalue weighted by Gasteiger charge is 2.19. The van der Waals surface area contributed by atoms with Crippen LogP contribution in [0.4, 0.5) is 10.7 Å². The van der Waals surface area contributed by atoms with Crippen molar-refractivity contribution in [2.24, 2.45) is 4.99 Å². The Hall–Kier alpha value is -3.35. The van der Waals surface area contributed by atoms with E-state index in [0.717, 1.165) is 22.5 Å². The Morgan fingerprint density at radius 1 is 1.23 bits per heavy atom. The third-order valence-electron chi connectivity index (χ3n) is 4.55. The number of benzene rings is 2. The second kappa shape index (κ2) is 9.20. The van der Waals surface area contributed by atoms with Crippen LogP contribution in [0.1, 0.15) is 16.1 Å². The lowest BCUT2D eigenvalue weighted by Gasteiger charge is -2.10. The molecule has 0 fully saturated rings. The summed E-state index contributed by atoms with van der Waals surface area (Å²) in [5, 5.41) is 4.27. The monoisotopic (exact) mass is 449 g/mol. The number of hydrogen-bond acceptors (Lipinski definition) is 4. The number of carbonyl (C=O) groups excluding carboxylic acids is 1. The van der Waals surface area contributed by atoms with Gasteiger partial charge in [-0.1, -0.05) is 64.9 Å². The van der Waals surface area contributed by atoms with E-state index in [1.807, 2.05) is 47.9 Å². The van der Waals surface area contributed by atoms with E-state index in [9.17, 15) is 4.79 Å². The number of allylic oxidation sites excluding steroid dienone is 1. The van der Waals surface area contributed by atoms with Crippen molar-refractivity contribution in [3.8, 4) is 11.3 Å². The van der Waals surface area contributed by atoms with Gasteiger partial charge in [-0.15, -0.1) is 6.58 Å². The first-order chi connectivity index (χ1) is 15.0. The molecule has 31 heavy (non-hydrogen) atoms. The highest BCUT2D eigenvalue weighted by molar-refractivity contribution is 7.14. The number of carbonyl (C=O) groups is 1. The van der Waals surface area contributed by atoms with Crippen molar-refractivity contribution in [3.63, 3.8) is 0 Å². The topological polar surface area (TPSA) is 59.5 Å². The fourth-order valence-electron chi connectivity index (χ4n) is 3.11. The van der Waals surface area contributed by atoms with Crippen molar-refractivity contribution in [1.82, 2.24) is 4.57 Å². The number of aromatic nitrogens is 1. The van der Waals surface area contributed by atoms with Crippen molar-refractivity contribution in [3.05, 3.63) is 101 Å². The van der Waals surface area contributed by atoms with E-state index in [2.05, 4.69) is 11.9 Å². The number of anilines is 1. The molecule has 0 saturated heterocycles. The molecule has 5 nitrogen and oxygen atoms in total. The van der Waals surface area contributed by atoms with E-state index in [1.165, 1.54) is 17.6 Å². The molecular formula is C24H20ClN3O2S. The van der Waals surface area contributed by atoms with E-state index in [4.69, 9.17) is 21.0 Å². The van der Waals surface area contributed by atoms with Crippen LogP contribution in [0, 0.1) is 6.92 Å². The summed E-state index contributed by atoms with van der Waals surface area (Å²) in [7, 11) is 0. The zero-order chi connectivity index (χ0) is 21.8. The minimum atomic E-state index is -0.320. The normalized spacial score (nSPS) is 11.5. The number of nitrogens with zero attached hydrogens (tertiary/aromatic N) is 2. The summed E-state index contributed by atoms with van der Waals surface area (Å²) in [5.74, 6) is -0.0773. The number of halogens is 1. The minimum absolute atomic E-state index is 0.242. The molecule has 4 rings (SSSR count). The number of rotatable bonds is 6. The number of nitrogens with one attached hydrogen (secondary N) is 1. The predicted molar refractivity (Wildman–Crippen MR) is 126 cm³/mol. The van der Waals surface area contributed by atoms with Gasteiger partial charge in [-0.3, -0.25) is 4.79 Å². The Bertz CT molecular complexity index is 1290. The van der Waals surface area contributed by atoms with E-state index < -0.39 is 0 Å². The Kier molecular flexibility index (Phi) is 6.21. The van der Waals surface area contributed by atoms with Crippen LogP contribution >= 0.6 is 22.9 Å². The molecule has 0 aliphatic rings. The van der Waals surface area contributed by atoms with Gasteiger partial charge in [0.1, 0.15) is 5.00 Å². The molecule has 2 heterocycles. The van der Waals surface area contributed by atoms with Crippen LogP contribution < -0.4 is 10.1 Å². The van der Waals surface area contributed by atoms with E-state index in [-0.39, 0.29) is 11.7 Å². The Balaban J connectivity index is 1.90. The van der Waals surface area contributed by atoms with Crippen molar-refractivity contribution >= 4 is 39.5 Å². The van der Waals surface area contributed by atoms with Crippen LogP contribution in [-0.2, 0) is 6.54 Å². The van der Waals surface area contributed by atoms with Gasteiger partial charge in [-0.2, -0.15) is 0 Å². The number of thiazole rings is 1. The lowest BCUT2D eigenvalue weighted by molar-refractivity contribution is 0.0997. The van der Waals surface area contributed by atoms with Crippen molar-refractivity contribution in [1.29, 1.82) is 0 Å². The van der Waals surface area contributed by atoms with Gasteiger partial charge in [0, 0.05) is 17.1 Å². The van der Waals surface area contributed by atoms with Gasteiger partial charge in [0.15, 0.2) is 10.6 Å². The molecule has 7 heteroatoms. The lowest BCUT2D eigenvalue weighted by atomic mass is 10.1. The third-order valence-corrected chi connectivity index (χ3v) is 5.78. The number of furan rings is 1. The van der Waals surface area contributed by atoms with Gasteiger partial charge >= 0.3 is 0 Å². The average Bonchev–Trinajstić information content (AvgIpc) is 3.39. The second-order valence-electron chi connectivity index (χ2n) is 6.85. The van der Waals surface area contributed by atoms with Gasteiger partial charge in [-0.25, -0.2) is 4.99 Å². The average molecular weight is 450 g/mol. The summed E-state index contributed by atoms with van der Waals surface area (Å²) >= 11 is 7.52. The highest BCUT2D eigenvalue weighted by Crippen LogP contribution is 2.32. The fourth-order valence-corrected chi connectivity index (χ4v) is 4.37. The number of hydrogen-bond donors (Lipinski definition) is 1. The van der Waals surface area contributed by atoms with Crippen LogP contribution in [0.2, 0.25) is 5.02 Å². The van der Waals surface area contributed by atoms with Gasteiger partial charge in [0.25, 0.3) is 5.91 Å². The van der Waals surface area contributed by atoms with Crippen molar-refractivity contribution < 1.29 is 9.21 Å². The molecule has 4 aromatic rings. The quantitative estimate of drug-likeness (QED) is 0.344. The van der Waals surface area contributed by atoms with Crippen LogP contribution in [0.15, 0.2) is 89.0 Å². The SMILES string of the molecule is C=CCn1c(-c2ccc(C)cc2)c(NC(=O)c2ccco2)sc1=Nc1cccc(Cl)c1. The molecule has 2 aromatic carbocycles. The maximum atomic E-state index is 12.7. The molecule has 0 aliphatic carbocycles. The van der Waals surface area contributed by atoms with Crippen LogP contribution in [-0.4, -0.2) is 10.5 Å². The Morgan fingerprint density at radius 3 is 2.71 bits per heavy atom. The Labute approximate surface area is 189 Å². The molecule has 1 amide bonds. The molecule has 2 aromatic heterocycles. The smallest absolute Gasteiger partial charge is 0.292 e. The molecular weight excluding hydrogens is 430 g/mol. The highest BCUT2D eigenvalue weighted by atomic mass is 35.5. The number of amides is 1. The Morgan fingerprint density at radius 2 is 2.03 bits per heavy atom. The van der Waals surface area contributed by atoms with Crippen molar-refractivity contribution in [2.75, 3.05) is 5.32 Å². The van der Waals surface area contributed by atoms with Crippen LogP contribution in [0.3, 0.4) is 0 Å². The van der Waals surface area contributed by atoms with E-state index >= 15 is 0 Å². The summed E-state index contributed by atoms with van der Waals surface area (Å²) in [6, 6.07) is 18.8. The molecule has 0 aliphatic heterocycles. The molecule has 0 unspecified atom stereocenters. The summed E-state index contributed by atoms with van der Waals surface area (Å²) in [6.07, 6.45) is 3.28. The van der Waals surface area contributed by atoms with Gasteiger partial charge in [0.05, 0.1) is 17.6 Å². The molecule has 0 radical (unpaired) electrons. The van der Waals surface area contributed by atoms with Crippen molar-refractivity contribution in [2.45, 2.75) is 13.5 Å². The fraction of sp³-hybridized carbons (Fsp3) is 0.0833. The first kappa shape index (κ1) is 20.9. The maximum absolute atomic E-state index is 12.7. The zero-order valence-corrected chi connectivity index (χ0v) is 18.4. The second-order valence-corrected chi connectivity index (χ2v) is 8.26. The molecule has 0 saturated carbocycles. The molecule has 0 atom stereocenters. The minimum Gasteiger partial charge on any atom is -0.459 e. The molecule has 0 bridgehead atoms. The zero-order valence-electron chi connectivity index (χ0n) is 16.8. The first-order valence-corrected chi connectivity index (χ1v) is 10.8. The predicted octanol–water partition coefficient (Wildman–Crippen LogP) is 6.44. The van der Waals surface area contributed by atoms with Gasteiger partial charge in [-0.05, 0) is 37.3 Å². The maximum Gasteiger partial charge on any atom is 0.292 e. The molecule has 1 N–H and O–H groups in total. The summed E-state index contributed by atoms with van der Waals surface area (Å²) in [6.45, 7) is 6.46. The standard InChI is InChI=1S/C24H20ClN3O2S/c1-3-13-28-21(17-11-9-16(2)10-12-17)23(27-22(29)20-8-5-14-30-20)31-24(28)26-19-7-4-6-18(25)15-19/h3-12,14-15H,1,13H2,2H3,(H,27,29). The van der Waals surface area contributed by atoms with E-state index in [0.29, 0.717) is 21.4 Å². The first-order valence-electron chi connectivity index (χ1n) is 9.62.